The number of carbonyl (C=O) groups excluding carboxylic acids is 1. The van der Waals surface area contributed by atoms with Crippen LogP contribution >= 0.6 is 12.2 Å². The summed E-state index contributed by atoms with van der Waals surface area (Å²) >= 11 is 4.85. The molecule has 0 aromatic rings. The van der Waals surface area contributed by atoms with E-state index in [9.17, 15) is 4.79 Å². The molecule has 0 radical (unpaired) electrons. The summed E-state index contributed by atoms with van der Waals surface area (Å²) in [7, 11) is 3.55. The van der Waals surface area contributed by atoms with Crippen LogP contribution < -0.4 is 5.73 Å². The largest absolute Gasteiger partial charge is 0.393 e. The van der Waals surface area contributed by atoms with Crippen LogP contribution in [-0.2, 0) is 4.79 Å². The zero-order chi connectivity index (χ0) is 12.7. The molecule has 1 amide bonds. The first-order valence-electron chi connectivity index (χ1n) is 5.57. The number of hydrogen-bond donors (Lipinski definition) is 1. The van der Waals surface area contributed by atoms with Crippen LogP contribution in [0.2, 0.25) is 0 Å². The number of rotatable bonds is 7. The quantitative estimate of drug-likeness (QED) is 0.676. The Bertz CT molecular complexity index is 241. The first-order valence-corrected chi connectivity index (χ1v) is 5.98. The van der Waals surface area contributed by atoms with E-state index in [1.807, 2.05) is 0 Å². The third kappa shape index (κ3) is 6.74. The smallest absolute Gasteiger partial charge is 0.223 e. The normalized spacial score (nSPS) is 10.9. The molecule has 0 aromatic carbocycles. The Morgan fingerprint density at radius 3 is 2.12 bits per heavy atom. The minimum Gasteiger partial charge on any atom is -0.393 e. The van der Waals surface area contributed by atoms with Crippen molar-refractivity contribution in [1.29, 1.82) is 0 Å². The average molecular weight is 245 g/mol. The number of carbonyl (C=O) groups is 1. The SMILES string of the molecule is CC(C)N(CCC(=O)N(C)C)CCC(N)=S. The Balaban J connectivity index is 4.04. The van der Waals surface area contributed by atoms with Crippen molar-refractivity contribution in [1.82, 2.24) is 9.80 Å². The van der Waals surface area contributed by atoms with Crippen molar-refractivity contribution in [3.8, 4) is 0 Å². The molecule has 5 heteroatoms. The maximum Gasteiger partial charge on any atom is 0.223 e. The highest BCUT2D eigenvalue weighted by Gasteiger charge is 2.12. The van der Waals surface area contributed by atoms with Crippen LogP contribution in [-0.4, -0.2) is 53.9 Å². The minimum absolute atomic E-state index is 0.154. The third-order valence-corrected chi connectivity index (χ3v) is 2.69. The van der Waals surface area contributed by atoms with Crippen LogP contribution in [0.25, 0.3) is 0 Å². The van der Waals surface area contributed by atoms with Gasteiger partial charge in [0.1, 0.15) is 0 Å². The molecule has 0 aliphatic carbocycles. The maximum atomic E-state index is 11.5. The molecule has 0 atom stereocenters. The Labute approximate surface area is 104 Å². The molecule has 0 aliphatic rings. The van der Waals surface area contributed by atoms with Gasteiger partial charge in [0.15, 0.2) is 0 Å². The van der Waals surface area contributed by atoms with E-state index in [-0.39, 0.29) is 5.91 Å². The Hall–Kier alpha value is -0.680. The van der Waals surface area contributed by atoms with Crippen molar-refractivity contribution in [3.05, 3.63) is 0 Å². The summed E-state index contributed by atoms with van der Waals surface area (Å²) in [5.74, 6) is 0.154. The Morgan fingerprint density at radius 2 is 1.75 bits per heavy atom. The van der Waals surface area contributed by atoms with Crippen LogP contribution in [0.3, 0.4) is 0 Å². The van der Waals surface area contributed by atoms with Gasteiger partial charge in [0.05, 0.1) is 4.99 Å². The lowest BCUT2D eigenvalue weighted by atomic mass is 10.2. The number of nitrogens with zero attached hydrogens (tertiary/aromatic N) is 2. The van der Waals surface area contributed by atoms with Gasteiger partial charge in [0.2, 0.25) is 5.91 Å². The van der Waals surface area contributed by atoms with Gasteiger partial charge in [0.25, 0.3) is 0 Å². The van der Waals surface area contributed by atoms with Crippen LogP contribution in [0.15, 0.2) is 0 Å². The first-order chi connectivity index (χ1) is 7.34. The molecule has 4 nitrogen and oxygen atoms in total. The predicted molar refractivity (Wildman–Crippen MR) is 71.4 cm³/mol. The van der Waals surface area contributed by atoms with E-state index in [4.69, 9.17) is 18.0 Å². The molecule has 0 aliphatic heterocycles. The van der Waals surface area contributed by atoms with Gasteiger partial charge in [-0.3, -0.25) is 4.79 Å². The van der Waals surface area contributed by atoms with E-state index in [2.05, 4.69) is 18.7 Å². The topological polar surface area (TPSA) is 49.6 Å². The van der Waals surface area contributed by atoms with Gasteiger partial charge in [-0.25, -0.2) is 0 Å². The highest BCUT2D eigenvalue weighted by Crippen LogP contribution is 2.02. The zero-order valence-electron chi connectivity index (χ0n) is 10.7. The summed E-state index contributed by atoms with van der Waals surface area (Å²) in [4.78, 5) is 15.8. The molecular weight excluding hydrogens is 222 g/mol. The summed E-state index contributed by atoms with van der Waals surface area (Å²) in [6.45, 7) is 5.81. The number of amides is 1. The van der Waals surface area contributed by atoms with Crippen LogP contribution in [0, 0.1) is 0 Å². The van der Waals surface area contributed by atoms with Crippen molar-refractivity contribution < 1.29 is 4.79 Å². The fourth-order valence-corrected chi connectivity index (χ4v) is 1.44. The summed E-state index contributed by atoms with van der Waals surface area (Å²) in [6.07, 6.45) is 1.26. The molecule has 0 saturated carbocycles. The van der Waals surface area contributed by atoms with Gasteiger partial charge in [-0.05, 0) is 13.8 Å². The van der Waals surface area contributed by atoms with Crippen molar-refractivity contribution in [2.24, 2.45) is 5.73 Å². The second-order valence-electron chi connectivity index (χ2n) is 4.38. The first kappa shape index (κ1) is 15.3. The molecule has 0 fully saturated rings. The van der Waals surface area contributed by atoms with E-state index in [0.29, 0.717) is 23.9 Å². The third-order valence-electron chi connectivity index (χ3n) is 2.49. The predicted octanol–water partition coefficient (Wildman–Crippen LogP) is 0.851. The lowest BCUT2D eigenvalue weighted by Gasteiger charge is -2.26. The van der Waals surface area contributed by atoms with Gasteiger partial charge >= 0.3 is 0 Å². The van der Waals surface area contributed by atoms with Gasteiger partial charge in [-0.15, -0.1) is 0 Å². The molecule has 0 saturated heterocycles. The van der Waals surface area contributed by atoms with Gasteiger partial charge in [0, 0.05) is 46.1 Å². The molecule has 0 unspecified atom stereocenters. The van der Waals surface area contributed by atoms with Crippen molar-refractivity contribution in [3.63, 3.8) is 0 Å². The van der Waals surface area contributed by atoms with Crippen LogP contribution in [0.4, 0.5) is 0 Å². The lowest BCUT2D eigenvalue weighted by Crippen LogP contribution is -2.36. The van der Waals surface area contributed by atoms with E-state index in [0.717, 1.165) is 13.1 Å². The van der Waals surface area contributed by atoms with E-state index in [1.165, 1.54) is 0 Å². The highest BCUT2D eigenvalue weighted by atomic mass is 32.1. The molecule has 0 rings (SSSR count). The van der Waals surface area contributed by atoms with Crippen molar-refractivity contribution in [2.45, 2.75) is 32.7 Å². The van der Waals surface area contributed by atoms with Crippen LogP contribution in [0.5, 0.6) is 0 Å². The second kappa shape index (κ2) is 7.57. The minimum atomic E-state index is 0.154. The summed E-state index contributed by atoms with van der Waals surface area (Å²) in [6, 6.07) is 0.407. The zero-order valence-corrected chi connectivity index (χ0v) is 11.5. The monoisotopic (exact) mass is 245 g/mol. The highest BCUT2D eigenvalue weighted by molar-refractivity contribution is 7.80. The molecule has 0 heterocycles. The number of nitrogens with two attached hydrogens (primary N) is 1. The molecule has 16 heavy (non-hydrogen) atoms. The molecule has 0 aromatic heterocycles. The van der Waals surface area contributed by atoms with E-state index < -0.39 is 0 Å². The number of thiocarbonyl (C=S) groups is 1. The standard InChI is InChI=1S/C11H23N3OS/c1-9(2)14(7-5-10(12)16)8-6-11(15)13(3)4/h9H,5-8H2,1-4H3,(H2,12,16). The molecular formula is C11H23N3OS. The van der Waals surface area contributed by atoms with E-state index in [1.54, 1.807) is 19.0 Å². The van der Waals surface area contributed by atoms with Gasteiger partial charge < -0.3 is 15.5 Å². The summed E-state index contributed by atoms with van der Waals surface area (Å²) < 4.78 is 0. The molecule has 0 bridgehead atoms. The van der Waals surface area contributed by atoms with Crippen LogP contribution in [0.1, 0.15) is 26.7 Å². The Morgan fingerprint density at radius 1 is 1.25 bits per heavy atom. The van der Waals surface area contributed by atoms with Gasteiger partial charge in [-0.1, -0.05) is 12.2 Å². The van der Waals surface area contributed by atoms with E-state index >= 15 is 0 Å². The average Bonchev–Trinajstić information content (AvgIpc) is 2.15. The summed E-state index contributed by atoms with van der Waals surface area (Å²) in [5.41, 5.74) is 5.47. The molecule has 94 valence electrons. The van der Waals surface area contributed by atoms with Crippen molar-refractivity contribution in [2.75, 3.05) is 27.2 Å². The fraction of sp³-hybridized carbons (Fsp3) is 0.818. The second-order valence-corrected chi connectivity index (χ2v) is 4.91. The molecule has 0 spiro atoms. The molecule has 2 N–H and O–H groups in total. The lowest BCUT2D eigenvalue weighted by molar-refractivity contribution is -0.129. The summed E-state index contributed by atoms with van der Waals surface area (Å²) in [5, 5.41) is 0. The van der Waals surface area contributed by atoms with Crippen molar-refractivity contribution >= 4 is 23.1 Å². The van der Waals surface area contributed by atoms with Gasteiger partial charge in [-0.2, -0.15) is 0 Å². The Kier molecular flexibility index (Phi) is 7.25. The number of hydrogen-bond acceptors (Lipinski definition) is 3. The fourth-order valence-electron chi connectivity index (χ4n) is 1.34. The maximum absolute atomic E-state index is 11.5.